The number of halogens is 2. The highest BCUT2D eigenvalue weighted by atomic mass is 19.3. The molecule has 2 nitrogen and oxygen atoms in total. The SMILES string of the molecule is CNCc1ccnc(C(C)(F)F)c1. The monoisotopic (exact) mass is 186 g/mol. The molecule has 0 unspecified atom stereocenters. The summed E-state index contributed by atoms with van der Waals surface area (Å²) in [6.07, 6.45) is 1.40. The number of rotatable bonds is 3. The number of aromatic nitrogens is 1. The second-order valence-corrected chi connectivity index (χ2v) is 2.97. The third-order valence-electron chi connectivity index (χ3n) is 1.66. The Bertz CT molecular complexity index is 281. The zero-order valence-electron chi connectivity index (χ0n) is 7.64. The third-order valence-corrected chi connectivity index (χ3v) is 1.66. The van der Waals surface area contributed by atoms with Gasteiger partial charge >= 0.3 is 0 Å². The number of hydrogen-bond donors (Lipinski definition) is 1. The summed E-state index contributed by atoms with van der Waals surface area (Å²) in [5.41, 5.74) is 0.634. The minimum absolute atomic E-state index is 0.180. The van der Waals surface area contributed by atoms with Crippen LogP contribution in [0.3, 0.4) is 0 Å². The van der Waals surface area contributed by atoms with Crippen molar-refractivity contribution in [3.05, 3.63) is 29.6 Å². The molecular formula is C9H12F2N2. The summed E-state index contributed by atoms with van der Waals surface area (Å²) in [6.45, 7) is 1.42. The quantitative estimate of drug-likeness (QED) is 0.780. The van der Waals surface area contributed by atoms with Crippen molar-refractivity contribution < 1.29 is 8.78 Å². The molecule has 0 saturated carbocycles. The molecule has 0 radical (unpaired) electrons. The summed E-state index contributed by atoms with van der Waals surface area (Å²) < 4.78 is 25.6. The number of nitrogens with zero attached hydrogens (tertiary/aromatic N) is 1. The molecule has 0 fully saturated rings. The number of hydrogen-bond acceptors (Lipinski definition) is 2. The van der Waals surface area contributed by atoms with Gasteiger partial charge in [-0.15, -0.1) is 0 Å². The van der Waals surface area contributed by atoms with Crippen molar-refractivity contribution in [1.82, 2.24) is 10.3 Å². The molecule has 0 atom stereocenters. The maximum atomic E-state index is 12.8. The van der Waals surface area contributed by atoms with Crippen LogP contribution in [0.2, 0.25) is 0 Å². The van der Waals surface area contributed by atoms with Gasteiger partial charge in [-0.1, -0.05) is 0 Å². The average Bonchev–Trinajstić information content (AvgIpc) is 2.04. The fourth-order valence-corrected chi connectivity index (χ4v) is 1.03. The van der Waals surface area contributed by atoms with Gasteiger partial charge in [-0.2, -0.15) is 8.78 Å². The lowest BCUT2D eigenvalue weighted by molar-refractivity contribution is 0.0127. The second-order valence-electron chi connectivity index (χ2n) is 2.97. The van der Waals surface area contributed by atoms with Gasteiger partial charge in [0, 0.05) is 19.7 Å². The maximum absolute atomic E-state index is 12.8. The zero-order valence-corrected chi connectivity index (χ0v) is 7.64. The molecule has 0 saturated heterocycles. The molecule has 1 rings (SSSR count). The van der Waals surface area contributed by atoms with E-state index in [1.54, 1.807) is 13.1 Å². The molecular weight excluding hydrogens is 174 g/mol. The Labute approximate surface area is 76.0 Å². The van der Waals surface area contributed by atoms with E-state index in [-0.39, 0.29) is 5.69 Å². The first-order valence-electron chi connectivity index (χ1n) is 4.02. The Hall–Kier alpha value is -1.03. The van der Waals surface area contributed by atoms with Crippen molar-refractivity contribution in [2.75, 3.05) is 7.05 Å². The minimum Gasteiger partial charge on any atom is -0.316 e. The molecule has 0 spiro atoms. The lowest BCUT2D eigenvalue weighted by Gasteiger charge is -2.10. The van der Waals surface area contributed by atoms with E-state index in [0.717, 1.165) is 12.5 Å². The largest absolute Gasteiger partial charge is 0.316 e. The van der Waals surface area contributed by atoms with Crippen LogP contribution in [0.1, 0.15) is 18.2 Å². The lowest BCUT2D eigenvalue weighted by atomic mass is 10.1. The molecule has 0 aliphatic carbocycles. The highest BCUT2D eigenvalue weighted by molar-refractivity contribution is 5.18. The number of nitrogens with one attached hydrogen (secondary N) is 1. The van der Waals surface area contributed by atoms with Gasteiger partial charge in [0.25, 0.3) is 5.92 Å². The third kappa shape index (κ3) is 2.73. The van der Waals surface area contributed by atoms with Crippen LogP contribution in [0.5, 0.6) is 0 Å². The number of alkyl halides is 2. The topological polar surface area (TPSA) is 24.9 Å². The van der Waals surface area contributed by atoms with Crippen LogP contribution in [0, 0.1) is 0 Å². The highest BCUT2D eigenvalue weighted by Gasteiger charge is 2.25. The van der Waals surface area contributed by atoms with E-state index in [1.165, 1.54) is 12.3 Å². The van der Waals surface area contributed by atoms with E-state index >= 15 is 0 Å². The van der Waals surface area contributed by atoms with Crippen LogP contribution in [-0.4, -0.2) is 12.0 Å². The van der Waals surface area contributed by atoms with Crippen LogP contribution in [-0.2, 0) is 12.5 Å². The van der Waals surface area contributed by atoms with Gasteiger partial charge in [0.1, 0.15) is 5.69 Å². The fraction of sp³-hybridized carbons (Fsp3) is 0.444. The molecule has 1 heterocycles. The fourth-order valence-electron chi connectivity index (χ4n) is 1.03. The van der Waals surface area contributed by atoms with Crippen LogP contribution in [0.4, 0.5) is 8.78 Å². The van der Waals surface area contributed by atoms with Gasteiger partial charge in [-0.3, -0.25) is 4.98 Å². The van der Waals surface area contributed by atoms with Crippen LogP contribution in [0.25, 0.3) is 0 Å². The van der Waals surface area contributed by atoms with E-state index in [2.05, 4.69) is 10.3 Å². The van der Waals surface area contributed by atoms with E-state index < -0.39 is 5.92 Å². The molecule has 1 aromatic heterocycles. The average molecular weight is 186 g/mol. The molecule has 0 aliphatic rings. The Morgan fingerprint density at radius 3 is 2.77 bits per heavy atom. The van der Waals surface area contributed by atoms with E-state index in [9.17, 15) is 8.78 Å². The van der Waals surface area contributed by atoms with Crippen molar-refractivity contribution in [3.8, 4) is 0 Å². The van der Waals surface area contributed by atoms with Crippen molar-refractivity contribution in [3.63, 3.8) is 0 Å². The van der Waals surface area contributed by atoms with Crippen molar-refractivity contribution in [2.24, 2.45) is 0 Å². The van der Waals surface area contributed by atoms with Gasteiger partial charge in [0.15, 0.2) is 0 Å². The molecule has 1 N–H and O–H groups in total. The van der Waals surface area contributed by atoms with Crippen LogP contribution >= 0.6 is 0 Å². The molecule has 4 heteroatoms. The summed E-state index contributed by atoms with van der Waals surface area (Å²) in [7, 11) is 1.77. The van der Waals surface area contributed by atoms with Gasteiger partial charge < -0.3 is 5.32 Å². The highest BCUT2D eigenvalue weighted by Crippen LogP contribution is 2.25. The van der Waals surface area contributed by atoms with Gasteiger partial charge in [-0.05, 0) is 24.7 Å². The van der Waals surface area contributed by atoms with E-state index in [1.807, 2.05) is 0 Å². The molecule has 72 valence electrons. The van der Waals surface area contributed by atoms with Gasteiger partial charge in [0.2, 0.25) is 0 Å². The number of pyridine rings is 1. The molecule has 0 aromatic carbocycles. The smallest absolute Gasteiger partial charge is 0.286 e. The van der Waals surface area contributed by atoms with Gasteiger partial charge in [0.05, 0.1) is 0 Å². The lowest BCUT2D eigenvalue weighted by Crippen LogP contribution is -2.12. The van der Waals surface area contributed by atoms with Crippen molar-refractivity contribution >= 4 is 0 Å². The Morgan fingerprint density at radius 2 is 2.23 bits per heavy atom. The van der Waals surface area contributed by atoms with Crippen molar-refractivity contribution in [1.29, 1.82) is 0 Å². The van der Waals surface area contributed by atoms with Crippen molar-refractivity contribution in [2.45, 2.75) is 19.4 Å². The Kier molecular flexibility index (Phi) is 2.93. The first-order chi connectivity index (χ1) is 6.04. The summed E-state index contributed by atoms with van der Waals surface area (Å²) in [5.74, 6) is -2.86. The molecule has 0 aliphatic heterocycles. The predicted molar refractivity (Wildman–Crippen MR) is 46.6 cm³/mol. The molecule has 13 heavy (non-hydrogen) atoms. The predicted octanol–water partition coefficient (Wildman–Crippen LogP) is 1.91. The minimum atomic E-state index is -2.86. The molecule has 1 aromatic rings. The molecule has 0 amide bonds. The Balaban J connectivity index is 2.92. The first kappa shape index (κ1) is 10.1. The summed E-state index contributed by atoms with van der Waals surface area (Å²) in [4.78, 5) is 3.62. The molecule has 0 bridgehead atoms. The first-order valence-corrected chi connectivity index (χ1v) is 4.02. The Morgan fingerprint density at radius 1 is 1.54 bits per heavy atom. The van der Waals surface area contributed by atoms with E-state index in [0.29, 0.717) is 6.54 Å². The normalized spacial score (nSPS) is 11.7. The standard InChI is InChI=1S/C9H12F2N2/c1-9(10,11)8-5-7(6-12-2)3-4-13-8/h3-5,12H,6H2,1-2H3. The second kappa shape index (κ2) is 3.79. The summed E-state index contributed by atoms with van der Waals surface area (Å²) in [6, 6.07) is 3.13. The zero-order chi connectivity index (χ0) is 9.90. The summed E-state index contributed by atoms with van der Waals surface area (Å²) >= 11 is 0. The maximum Gasteiger partial charge on any atom is 0.286 e. The van der Waals surface area contributed by atoms with Crippen LogP contribution < -0.4 is 5.32 Å². The van der Waals surface area contributed by atoms with E-state index in [4.69, 9.17) is 0 Å². The van der Waals surface area contributed by atoms with Gasteiger partial charge in [-0.25, -0.2) is 0 Å². The van der Waals surface area contributed by atoms with Crippen LogP contribution in [0.15, 0.2) is 18.3 Å². The summed E-state index contributed by atoms with van der Waals surface area (Å²) in [5, 5.41) is 2.89.